The van der Waals surface area contributed by atoms with Crippen LogP contribution in [-0.2, 0) is 22.6 Å². The summed E-state index contributed by atoms with van der Waals surface area (Å²) in [6.45, 7) is 4.45. The van der Waals surface area contributed by atoms with Crippen molar-refractivity contribution in [3.8, 4) is 0 Å². The van der Waals surface area contributed by atoms with E-state index in [1.54, 1.807) is 23.1 Å². The minimum atomic E-state index is -0.595. The molecule has 1 N–H and O–H groups in total. The lowest BCUT2D eigenvalue weighted by molar-refractivity contribution is -0.141. The first-order chi connectivity index (χ1) is 15.5. The molecule has 0 bridgehead atoms. The Kier molecular flexibility index (Phi) is 8.54. The summed E-state index contributed by atoms with van der Waals surface area (Å²) < 4.78 is 0. The fourth-order valence-electron chi connectivity index (χ4n) is 3.96. The van der Waals surface area contributed by atoms with Crippen LogP contribution in [0.25, 0.3) is 10.8 Å². The Labute approximate surface area is 199 Å². The van der Waals surface area contributed by atoms with Crippen LogP contribution < -0.4 is 5.32 Å². The third-order valence-corrected chi connectivity index (χ3v) is 6.32. The van der Waals surface area contributed by atoms with Crippen LogP contribution >= 0.6 is 23.2 Å². The zero-order valence-corrected chi connectivity index (χ0v) is 19.9. The van der Waals surface area contributed by atoms with Gasteiger partial charge < -0.3 is 10.2 Å². The van der Waals surface area contributed by atoms with E-state index in [-0.39, 0.29) is 24.8 Å². The fourth-order valence-corrected chi connectivity index (χ4v) is 4.48. The Hall–Kier alpha value is -2.56. The molecule has 4 nitrogen and oxygen atoms in total. The van der Waals surface area contributed by atoms with E-state index in [2.05, 4.69) is 23.5 Å². The normalized spacial score (nSPS) is 11.9. The fraction of sp³-hybridized carbons (Fsp3) is 0.308. The van der Waals surface area contributed by atoms with Crippen molar-refractivity contribution in [2.24, 2.45) is 0 Å². The van der Waals surface area contributed by atoms with E-state index in [0.29, 0.717) is 35.0 Å². The summed E-state index contributed by atoms with van der Waals surface area (Å²) >= 11 is 12.8. The van der Waals surface area contributed by atoms with Crippen LogP contribution in [0.15, 0.2) is 60.7 Å². The van der Waals surface area contributed by atoms with E-state index in [0.717, 1.165) is 16.3 Å². The van der Waals surface area contributed by atoms with Gasteiger partial charge in [-0.2, -0.15) is 0 Å². The van der Waals surface area contributed by atoms with Crippen LogP contribution in [0.3, 0.4) is 0 Å². The number of likely N-dealkylation sites (N-methyl/N-ethyl adjacent to an activating group) is 1. The molecule has 0 aromatic heterocycles. The van der Waals surface area contributed by atoms with Gasteiger partial charge in [-0.3, -0.25) is 9.59 Å². The van der Waals surface area contributed by atoms with Crippen molar-refractivity contribution < 1.29 is 9.59 Å². The Bertz CT molecular complexity index is 1070. The maximum Gasteiger partial charge on any atom is 0.242 e. The molecule has 3 aromatic carbocycles. The number of aryl methyl sites for hydroxylation is 1. The van der Waals surface area contributed by atoms with Gasteiger partial charge in [0.15, 0.2) is 0 Å². The molecule has 0 aliphatic carbocycles. The van der Waals surface area contributed by atoms with Crippen molar-refractivity contribution in [1.82, 2.24) is 10.2 Å². The number of carbonyl (C=O) groups excluding carboxylic acids is 2. The predicted octanol–water partition coefficient (Wildman–Crippen LogP) is 6.02. The van der Waals surface area contributed by atoms with Crippen molar-refractivity contribution in [2.75, 3.05) is 6.54 Å². The largest absolute Gasteiger partial charge is 0.355 e. The molecule has 0 fully saturated rings. The average Bonchev–Trinajstić information content (AvgIpc) is 2.79. The van der Waals surface area contributed by atoms with Crippen molar-refractivity contribution in [3.05, 3.63) is 81.8 Å². The summed E-state index contributed by atoms with van der Waals surface area (Å²) in [6.07, 6.45) is 1.36. The number of fused-ring (bicyclic) bond motifs is 1. The molecule has 0 saturated heterocycles. The highest BCUT2D eigenvalue weighted by Crippen LogP contribution is 2.28. The van der Waals surface area contributed by atoms with Gasteiger partial charge in [0.1, 0.15) is 6.04 Å². The molecule has 0 radical (unpaired) electrons. The SMILES string of the molecule is CCNC(=O)[C@H](CC)N(Cc1c(Cl)cccc1Cl)C(=O)CCc1cccc2ccccc12. The number of hydrogen-bond donors (Lipinski definition) is 1. The predicted molar refractivity (Wildman–Crippen MR) is 132 cm³/mol. The van der Waals surface area contributed by atoms with E-state index in [1.807, 2.05) is 38.1 Å². The third kappa shape index (κ3) is 5.62. The van der Waals surface area contributed by atoms with Gasteiger partial charge in [-0.25, -0.2) is 0 Å². The van der Waals surface area contributed by atoms with E-state index < -0.39 is 6.04 Å². The molecule has 3 aromatic rings. The number of halogens is 2. The van der Waals surface area contributed by atoms with Gasteiger partial charge in [-0.15, -0.1) is 0 Å². The van der Waals surface area contributed by atoms with Crippen molar-refractivity contribution >= 4 is 45.8 Å². The van der Waals surface area contributed by atoms with Crippen molar-refractivity contribution in [3.63, 3.8) is 0 Å². The molecular formula is C26H28Cl2N2O2. The van der Waals surface area contributed by atoms with Gasteiger partial charge >= 0.3 is 0 Å². The van der Waals surface area contributed by atoms with Crippen LogP contribution in [-0.4, -0.2) is 29.3 Å². The molecular weight excluding hydrogens is 443 g/mol. The summed E-state index contributed by atoms with van der Waals surface area (Å²) in [4.78, 5) is 27.8. The lowest BCUT2D eigenvalue weighted by atomic mass is 10.00. The molecule has 0 aliphatic rings. The molecule has 0 heterocycles. The van der Waals surface area contributed by atoms with Gasteiger partial charge in [-0.1, -0.05) is 78.7 Å². The highest BCUT2D eigenvalue weighted by atomic mass is 35.5. The van der Waals surface area contributed by atoms with Crippen LogP contribution in [0.1, 0.15) is 37.8 Å². The van der Waals surface area contributed by atoms with Crippen LogP contribution in [0.4, 0.5) is 0 Å². The van der Waals surface area contributed by atoms with Crippen LogP contribution in [0, 0.1) is 0 Å². The number of hydrogen-bond acceptors (Lipinski definition) is 2. The molecule has 0 saturated carbocycles. The number of benzene rings is 3. The lowest BCUT2D eigenvalue weighted by Gasteiger charge is -2.31. The van der Waals surface area contributed by atoms with Crippen LogP contribution in [0.2, 0.25) is 10.0 Å². The number of nitrogens with zero attached hydrogens (tertiary/aromatic N) is 1. The molecule has 0 aliphatic heterocycles. The molecule has 0 unspecified atom stereocenters. The topological polar surface area (TPSA) is 49.4 Å². The zero-order valence-electron chi connectivity index (χ0n) is 18.4. The van der Waals surface area contributed by atoms with Gasteiger partial charge in [0.25, 0.3) is 0 Å². The first-order valence-corrected chi connectivity index (χ1v) is 11.7. The number of amides is 2. The summed E-state index contributed by atoms with van der Waals surface area (Å²) in [5, 5.41) is 6.09. The summed E-state index contributed by atoms with van der Waals surface area (Å²) in [5.74, 6) is -0.274. The Morgan fingerprint density at radius 1 is 0.938 bits per heavy atom. The molecule has 32 heavy (non-hydrogen) atoms. The zero-order chi connectivity index (χ0) is 23.1. The average molecular weight is 471 g/mol. The molecule has 168 valence electrons. The molecule has 2 amide bonds. The highest BCUT2D eigenvalue weighted by molar-refractivity contribution is 6.36. The van der Waals surface area contributed by atoms with Crippen LogP contribution in [0.5, 0.6) is 0 Å². The highest BCUT2D eigenvalue weighted by Gasteiger charge is 2.29. The van der Waals surface area contributed by atoms with Gasteiger partial charge in [0.05, 0.1) is 0 Å². The second-order valence-corrected chi connectivity index (χ2v) is 8.49. The monoisotopic (exact) mass is 470 g/mol. The molecule has 1 atom stereocenters. The summed E-state index contributed by atoms with van der Waals surface area (Å²) in [5.41, 5.74) is 1.76. The minimum Gasteiger partial charge on any atom is -0.355 e. The maximum absolute atomic E-state index is 13.4. The maximum atomic E-state index is 13.4. The second-order valence-electron chi connectivity index (χ2n) is 7.68. The van der Waals surface area contributed by atoms with Crippen molar-refractivity contribution in [2.45, 2.75) is 45.7 Å². The second kappa shape index (κ2) is 11.3. The van der Waals surface area contributed by atoms with E-state index in [1.165, 1.54) is 0 Å². The van der Waals surface area contributed by atoms with Crippen molar-refractivity contribution in [1.29, 1.82) is 0 Å². The number of nitrogens with one attached hydrogen (secondary N) is 1. The number of rotatable bonds is 9. The molecule has 6 heteroatoms. The number of carbonyl (C=O) groups is 2. The van der Waals surface area contributed by atoms with E-state index in [9.17, 15) is 9.59 Å². The minimum absolute atomic E-state index is 0.105. The first kappa shape index (κ1) is 24.1. The Morgan fingerprint density at radius 3 is 2.28 bits per heavy atom. The lowest BCUT2D eigenvalue weighted by Crippen LogP contribution is -2.49. The standard InChI is InChI=1S/C26H28Cl2N2O2/c1-3-24(26(32)29-4-2)30(17-21-22(27)13-8-14-23(21)28)25(31)16-15-19-11-7-10-18-9-5-6-12-20(18)19/h5-14,24H,3-4,15-17H2,1-2H3,(H,29,32)/t24-/m0/s1. The van der Waals surface area contributed by atoms with E-state index in [4.69, 9.17) is 23.2 Å². The summed E-state index contributed by atoms with van der Waals surface area (Å²) in [7, 11) is 0. The van der Waals surface area contributed by atoms with Gasteiger partial charge in [0, 0.05) is 35.1 Å². The Balaban J connectivity index is 1.87. The Morgan fingerprint density at radius 2 is 1.59 bits per heavy atom. The smallest absolute Gasteiger partial charge is 0.242 e. The quantitative estimate of drug-likeness (QED) is 0.415. The first-order valence-electron chi connectivity index (χ1n) is 10.9. The van der Waals surface area contributed by atoms with Gasteiger partial charge in [-0.05, 0) is 48.2 Å². The van der Waals surface area contributed by atoms with E-state index >= 15 is 0 Å². The third-order valence-electron chi connectivity index (χ3n) is 5.62. The van der Waals surface area contributed by atoms with Gasteiger partial charge in [0.2, 0.25) is 11.8 Å². The molecule has 0 spiro atoms. The molecule has 3 rings (SSSR count). The summed E-state index contributed by atoms with van der Waals surface area (Å²) in [6, 6.07) is 18.9.